The third-order valence-electron chi connectivity index (χ3n) is 5.28. The van der Waals surface area contributed by atoms with Crippen LogP contribution in [-0.2, 0) is 11.2 Å². The first-order valence-electron chi connectivity index (χ1n) is 8.84. The van der Waals surface area contributed by atoms with Gasteiger partial charge < -0.3 is 9.47 Å². The van der Waals surface area contributed by atoms with Gasteiger partial charge >= 0.3 is 0 Å². The van der Waals surface area contributed by atoms with Gasteiger partial charge in [-0.15, -0.1) is 0 Å². The largest absolute Gasteiger partial charge is 0.493 e. The highest BCUT2D eigenvalue weighted by Crippen LogP contribution is 2.43. The van der Waals surface area contributed by atoms with Gasteiger partial charge in [-0.2, -0.15) is 0 Å². The van der Waals surface area contributed by atoms with Gasteiger partial charge in [0.05, 0.1) is 14.2 Å². The summed E-state index contributed by atoms with van der Waals surface area (Å²) in [6.07, 6.45) is 2.58. The topological polar surface area (TPSA) is 38.8 Å². The van der Waals surface area contributed by atoms with Crippen LogP contribution in [0.3, 0.4) is 0 Å². The lowest BCUT2D eigenvalue weighted by atomic mass is 9.76. The van der Waals surface area contributed by atoms with Crippen LogP contribution < -0.4 is 9.47 Å². The summed E-state index contributed by atoms with van der Waals surface area (Å²) in [5.74, 6) is 2.11. The third-order valence-corrected chi connectivity index (χ3v) is 5.28. The number of piperidine rings is 1. The summed E-state index contributed by atoms with van der Waals surface area (Å²) in [5, 5.41) is 0. The zero-order valence-electron chi connectivity index (χ0n) is 15.5. The van der Waals surface area contributed by atoms with Gasteiger partial charge in [0.25, 0.3) is 0 Å². The van der Waals surface area contributed by atoms with Gasteiger partial charge in [0.15, 0.2) is 11.5 Å². The fourth-order valence-corrected chi connectivity index (χ4v) is 4.20. The zero-order valence-corrected chi connectivity index (χ0v) is 15.5. The Balaban J connectivity index is 1.87. The highest BCUT2D eigenvalue weighted by Gasteiger charge is 2.39. The van der Waals surface area contributed by atoms with Crippen molar-refractivity contribution in [1.29, 1.82) is 0 Å². The van der Waals surface area contributed by atoms with Crippen molar-refractivity contribution in [1.82, 2.24) is 4.90 Å². The molecular formula is C20H29NO3. The van der Waals surface area contributed by atoms with Gasteiger partial charge in [-0.05, 0) is 41.5 Å². The fraction of sp³-hybridized carbons (Fsp3) is 0.650. The number of rotatable bonds is 3. The van der Waals surface area contributed by atoms with Crippen LogP contribution in [0.4, 0.5) is 0 Å². The first-order chi connectivity index (χ1) is 11.3. The van der Waals surface area contributed by atoms with Crippen molar-refractivity contribution in [3.05, 3.63) is 23.3 Å². The summed E-state index contributed by atoms with van der Waals surface area (Å²) in [7, 11) is 3.33. The summed E-state index contributed by atoms with van der Waals surface area (Å²) in [5.41, 5.74) is 2.72. The number of hydrogen-bond donors (Lipinski definition) is 0. The molecule has 4 nitrogen and oxygen atoms in total. The first-order valence-corrected chi connectivity index (χ1v) is 8.84. The highest BCUT2D eigenvalue weighted by atomic mass is 16.5. The molecule has 1 aromatic carbocycles. The maximum Gasteiger partial charge on any atom is 0.161 e. The average molecular weight is 331 g/mol. The Morgan fingerprint density at radius 2 is 1.83 bits per heavy atom. The van der Waals surface area contributed by atoms with Crippen molar-refractivity contribution < 1.29 is 14.3 Å². The number of ether oxygens (including phenoxy) is 2. The third kappa shape index (κ3) is 3.30. The second kappa shape index (κ2) is 6.40. The number of Topliss-reactive ketones (excluding diaryl/α,β-unsaturated/α-hetero) is 1. The van der Waals surface area contributed by atoms with E-state index in [-0.39, 0.29) is 17.4 Å². The van der Waals surface area contributed by atoms with Gasteiger partial charge in [0.1, 0.15) is 5.78 Å². The molecule has 2 atom stereocenters. The molecule has 1 fully saturated rings. The lowest BCUT2D eigenvalue weighted by Crippen LogP contribution is -2.47. The Labute approximate surface area is 145 Å². The molecule has 1 aromatic rings. The van der Waals surface area contributed by atoms with Gasteiger partial charge in [0.2, 0.25) is 0 Å². The van der Waals surface area contributed by atoms with Crippen LogP contribution in [0.15, 0.2) is 12.1 Å². The molecule has 2 unspecified atom stereocenters. The molecule has 0 N–H and O–H groups in total. The van der Waals surface area contributed by atoms with Crippen LogP contribution in [0.25, 0.3) is 0 Å². The molecule has 0 bridgehead atoms. The molecule has 0 saturated carbocycles. The standard InChI is InChI=1S/C20H29NO3/c1-20(2,3)11-14-12-21-7-6-13-8-18(23-4)19(24-5)9-15(13)16(21)10-17(14)22/h8-9,14,16H,6-7,10-12H2,1-5H3. The summed E-state index contributed by atoms with van der Waals surface area (Å²) in [4.78, 5) is 15.2. The molecular weight excluding hydrogens is 302 g/mol. The van der Waals surface area contributed by atoms with Gasteiger partial charge in [-0.25, -0.2) is 0 Å². The van der Waals surface area contributed by atoms with E-state index in [9.17, 15) is 4.79 Å². The molecule has 3 rings (SSSR count). The number of methoxy groups -OCH3 is 2. The van der Waals surface area contributed by atoms with E-state index in [1.54, 1.807) is 14.2 Å². The van der Waals surface area contributed by atoms with Crippen LogP contribution in [0.2, 0.25) is 0 Å². The van der Waals surface area contributed by atoms with Crippen LogP contribution in [0.5, 0.6) is 11.5 Å². The lowest BCUT2D eigenvalue weighted by molar-refractivity contribution is -0.130. The maximum atomic E-state index is 12.7. The SMILES string of the molecule is COc1cc2c(cc1OC)C1CC(=O)C(CC(C)(C)C)CN1CC2. The van der Waals surface area contributed by atoms with E-state index in [1.807, 2.05) is 0 Å². The molecule has 24 heavy (non-hydrogen) atoms. The molecule has 2 aliphatic heterocycles. The number of hydrogen-bond acceptors (Lipinski definition) is 4. The van der Waals surface area contributed by atoms with Crippen LogP contribution in [0.1, 0.15) is 50.8 Å². The number of benzene rings is 1. The molecule has 132 valence electrons. The van der Waals surface area contributed by atoms with E-state index in [1.165, 1.54) is 11.1 Å². The van der Waals surface area contributed by atoms with E-state index < -0.39 is 0 Å². The average Bonchev–Trinajstić information content (AvgIpc) is 2.53. The minimum Gasteiger partial charge on any atom is -0.493 e. The van der Waals surface area contributed by atoms with Crippen LogP contribution >= 0.6 is 0 Å². The summed E-state index contributed by atoms with van der Waals surface area (Å²) in [6, 6.07) is 4.34. The minimum atomic E-state index is 0.169. The molecule has 0 aliphatic carbocycles. The summed E-state index contributed by atoms with van der Waals surface area (Å²) in [6.45, 7) is 8.55. The lowest BCUT2D eigenvalue weighted by Gasteiger charge is -2.44. The Bertz CT molecular complexity index is 633. The normalized spacial score (nSPS) is 24.3. The molecule has 0 spiro atoms. The van der Waals surface area contributed by atoms with Crippen molar-refractivity contribution in [2.75, 3.05) is 27.3 Å². The number of fused-ring (bicyclic) bond motifs is 3. The Kier molecular flexibility index (Phi) is 4.60. The Morgan fingerprint density at radius 1 is 1.17 bits per heavy atom. The predicted molar refractivity (Wildman–Crippen MR) is 94.8 cm³/mol. The quantitative estimate of drug-likeness (QED) is 0.848. The maximum absolute atomic E-state index is 12.7. The van der Waals surface area contributed by atoms with Crippen LogP contribution in [-0.4, -0.2) is 38.0 Å². The van der Waals surface area contributed by atoms with Crippen LogP contribution in [0, 0.1) is 11.3 Å². The molecule has 4 heteroatoms. The van der Waals surface area contributed by atoms with Crippen molar-refractivity contribution in [3.8, 4) is 11.5 Å². The van der Waals surface area contributed by atoms with Crippen molar-refractivity contribution in [3.63, 3.8) is 0 Å². The monoisotopic (exact) mass is 331 g/mol. The summed E-state index contributed by atoms with van der Waals surface area (Å²) < 4.78 is 10.9. The second-order valence-corrected chi connectivity index (χ2v) is 8.30. The number of nitrogens with zero attached hydrogens (tertiary/aromatic N) is 1. The Morgan fingerprint density at radius 3 is 2.46 bits per heavy atom. The Hall–Kier alpha value is -1.55. The van der Waals surface area contributed by atoms with E-state index in [0.717, 1.165) is 37.4 Å². The van der Waals surface area contributed by atoms with Crippen molar-refractivity contribution >= 4 is 5.78 Å². The number of carbonyl (C=O) groups is 1. The number of ketones is 1. The molecule has 0 aromatic heterocycles. The molecule has 0 amide bonds. The molecule has 2 heterocycles. The second-order valence-electron chi connectivity index (χ2n) is 8.30. The van der Waals surface area contributed by atoms with Gasteiger partial charge in [-0.1, -0.05) is 20.8 Å². The van der Waals surface area contributed by atoms with E-state index in [0.29, 0.717) is 12.2 Å². The molecule has 2 aliphatic rings. The number of carbonyl (C=O) groups excluding carboxylic acids is 1. The van der Waals surface area contributed by atoms with E-state index >= 15 is 0 Å². The minimum absolute atomic E-state index is 0.169. The molecule has 1 saturated heterocycles. The molecule has 0 radical (unpaired) electrons. The van der Waals surface area contributed by atoms with Crippen molar-refractivity contribution in [2.45, 2.75) is 46.1 Å². The highest BCUT2D eigenvalue weighted by molar-refractivity contribution is 5.83. The zero-order chi connectivity index (χ0) is 17.5. The van der Waals surface area contributed by atoms with Crippen molar-refractivity contribution in [2.24, 2.45) is 11.3 Å². The van der Waals surface area contributed by atoms with E-state index in [4.69, 9.17) is 9.47 Å². The van der Waals surface area contributed by atoms with E-state index in [2.05, 4.69) is 37.8 Å². The predicted octanol–water partition coefficient (Wildman–Crippen LogP) is 3.63. The smallest absolute Gasteiger partial charge is 0.161 e. The fourth-order valence-electron chi connectivity index (χ4n) is 4.20. The van der Waals surface area contributed by atoms with Gasteiger partial charge in [-0.3, -0.25) is 9.69 Å². The van der Waals surface area contributed by atoms with Gasteiger partial charge in [0, 0.05) is 31.5 Å². The first kappa shape index (κ1) is 17.3. The summed E-state index contributed by atoms with van der Waals surface area (Å²) >= 11 is 0.